The van der Waals surface area contributed by atoms with Crippen LogP contribution in [0.5, 0.6) is 0 Å². The van der Waals surface area contributed by atoms with Gasteiger partial charge < -0.3 is 10.6 Å². The summed E-state index contributed by atoms with van der Waals surface area (Å²) >= 11 is 0. The molecular weight excluding hydrogens is 306 g/mol. The molecule has 1 aliphatic heterocycles. The zero-order chi connectivity index (χ0) is 16.5. The molecule has 2 aliphatic carbocycles. The highest BCUT2D eigenvalue weighted by atomic mass is 16.2. The van der Waals surface area contributed by atoms with Gasteiger partial charge in [0.15, 0.2) is 0 Å². The van der Waals surface area contributed by atoms with Crippen molar-refractivity contribution in [2.45, 2.75) is 70.5 Å². The Morgan fingerprint density at radius 3 is 2.62 bits per heavy atom. The van der Waals surface area contributed by atoms with E-state index in [1.165, 1.54) is 25.7 Å². The molecule has 7 nitrogen and oxygen atoms in total. The molecule has 0 atom stereocenters. The summed E-state index contributed by atoms with van der Waals surface area (Å²) in [5, 5.41) is 10.5. The first-order chi connectivity index (χ1) is 11.7. The zero-order valence-electron chi connectivity index (χ0n) is 14.2. The molecule has 0 radical (unpaired) electrons. The fraction of sp³-hybridized carbons (Fsp3) is 0.824. The molecule has 2 saturated carbocycles. The van der Waals surface area contributed by atoms with Gasteiger partial charge in [-0.15, -0.1) is 0 Å². The summed E-state index contributed by atoms with van der Waals surface area (Å²) in [6, 6.07) is 0.322. The van der Waals surface area contributed by atoms with Crippen LogP contribution < -0.4 is 16.3 Å². The lowest BCUT2D eigenvalue weighted by atomic mass is 10.1. The number of urea groups is 1. The third-order valence-electron chi connectivity index (χ3n) is 5.42. The van der Waals surface area contributed by atoms with E-state index in [4.69, 9.17) is 0 Å². The number of hydrogen-bond acceptors (Lipinski definition) is 3. The van der Waals surface area contributed by atoms with Crippen LogP contribution in [0.2, 0.25) is 0 Å². The average Bonchev–Trinajstić information content (AvgIpc) is 3.49. The normalized spacial score (nSPS) is 20.0. The number of hydrogen-bond donors (Lipinski definition) is 2. The molecule has 0 aromatic carbocycles. The molecule has 0 bridgehead atoms. The molecule has 0 saturated heterocycles. The standard InChI is InChI=1S/C17H27N5O2/c23-16(19-15(12-5-6-12)13-7-8-13)18-9-3-11-22-17(24)21-10-2-1-4-14(21)20-22/h12-13,15H,1-11H2,(H2,18,19,23). The van der Waals surface area contributed by atoms with E-state index >= 15 is 0 Å². The third kappa shape index (κ3) is 3.49. The van der Waals surface area contributed by atoms with Crippen LogP contribution in [-0.2, 0) is 19.5 Å². The van der Waals surface area contributed by atoms with Crippen molar-refractivity contribution in [1.82, 2.24) is 25.0 Å². The lowest BCUT2D eigenvalue weighted by Gasteiger charge is -2.18. The SMILES string of the molecule is O=C(NCCCn1nc2n(c1=O)CCCC2)NC(C1CC1)C1CC1. The maximum Gasteiger partial charge on any atom is 0.345 e. The molecule has 2 N–H and O–H groups in total. The topological polar surface area (TPSA) is 81.0 Å². The number of amides is 2. The minimum atomic E-state index is -0.0599. The molecule has 3 aliphatic rings. The number of nitrogens with zero attached hydrogens (tertiary/aromatic N) is 3. The summed E-state index contributed by atoms with van der Waals surface area (Å²) in [5.74, 6) is 2.33. The molecule has 0 unspecified atom stereocenters. The van der Waals surface area contributed by atoms with Crippen LogP contribution in [0.4, 0.5) is 4.79 Å². The number of nitrogens with one attached hydrogen (secondary N) is 2. The highest BCUT2D eigenvalue weighted by Crippen LogP contribution is 2.44. The Hall–Kier alpha value is -1.79. The van der Waals surface area contributed by atoms with Crippen molar-refractivity contribution >= 4 is 6.03 Å². The van der Waals surface area contributed by atoms with E-state index in [9.17, 15) is 9.59 Å². The van der Waals surface area contributed by atoms with Crippen molar-refractivity contribution < 1.29 is 4.79 Å². The molecule has 1 aromatic heterocycles. The largest absolute Gasteiger partial charge is 0.345 e. The molecule has 1 aromatic rings. The monoisotopic (exact) mass is 333 g/mol. The maximum absolute atomic E-state index is 12.2. The maximum atomic E-state index is 12.2. The van der Waals surface area contributed by atoms with Gasteiger partial charge in [-0.2, -0.15) is 5.10 Å². The van der Waals surface area contributed by atoms with Gasteiger partial charge in [-0.1, -0.05) is 0 Å². The fourth-order valence-electron chi connectivity index (χ4n) is 3.76. The highest BCUT2D eigenvalue weighted by Gasteiger charge is 2.42. The molecule has 24 heavy (non-hydrogen) atoms. The van der Waals surface area contributed by atoms with Crippen molar-refractivity contribution in [2.75, 3.05) is 6.54 Å². The lowest BCUT2D eigenvalue weighted by Crippen LogP contribution is -2.44. The van der Waals surface area contributed by atoms with Gasteiger partial charge in [-0.3, -0.25) is 4.57 Å². The van der Waals surface area contributed by atoms with Gasteiger partial charge in [0.25, 0.3) is 0 Å². The number of rotatable bonds is 7. The van der Waals surface area contributed by atoms with Crippen LogP contribution in [0.1, 0.15) is 50.8 Å². The van der Waals surface area contributed by atoms with Crippen LogP contribution >= 0.6 is 0 Å². The van der Waals surface area contributed by atoms with Gasteiger partial charge in [0.2, 0.25) is 0 Å². The molecule has 7 heteroatoms. The second kappa shape index (κ2) is 6.61. The van der Waals surface area contributed by atoms with Gasteiger partial charge in [-0.25, -0.2) is 14.3 Å². The Morgan fingerprint density at radius 1 is 1.21 bits per heavy atom. The molecule has 2 heterocycles. The van der Waals surface area contributed by atoms with E-state index in [2.05, 4.69) is 15.7 Å². The number of carbonyl (C=O) groups excluding carboxylic acids is 1. The number of fused-ring (bicyclic) bond motifs is 1. The summed E-state index contributed by atoms with van der Waals surface area (Å²) in [6.07, 6.45) is 8.83. The van der Waals surface area contributed by atoms with E-state index < -0.39 is 0 Å². The first-order valence-corrected chi connectivity index (χ1v) is 9.43. The third-order valence-corrected chi connectivity index (χ3v) is 5.42. The van der Waals surface area contributed by atoms with Crippen LogP contribution in [0, 0.1) is 11.8 Å². The van der Waals surface area contributed by atoms with Crippen LogP contribution in [-0.4, -0.2) is 33.0 Å². The Labute approximate surface area is 141 Å². The number of carbonyl (C=O) groups is 1. The predicted octanol–water partition coefficient (Wildman–Crippen LogP) is 1.26. The summed E-state index contributed by atoms with van der Waals surface area (Å²) < 4.78 is 3.34. The Morgan fingerprint density at radius 2 is 1.96 bits per heavy atom. The number of aryl methyl sites for hydroxylation is 2. The van der Waals surface area contributed by atoms with E-state index in [1.54, 1.807) is 9.25 Å². The molecule has 132 valence electrons. The fourth-order valence-corrected chi connectivity index (χ4v) is 3.76. The lowest BCUT2D eigenvalue weighted by molar-refractivity contribution is 0.233. The molecule has 2 fully saturated rings. The highest BCUT2D eigenvalue weighted by molar-refractivity contribution is 5.74. The van der Waals surface area contributed by atoms with Gasteiger partial charge >= 0.3 is 11.7 Å². The van der Waals surface area contributed by atoms with Crippen LogP contribution in [0.3, 0.4) is 0 Å². The minimum Gasteiger partial charge on any atom is -0.338 e. The smallest absolute Gasteiger partial charge is 0.338 e. The average molecular weight is 333 g/mol. The van der Waals surface area contributed by atoms with Crippen molar-refractivity contribution in [2.24, 2.45) is 11.8 Å². The summed E-state index contributed by atoms with van der Waals surface area (Å²) in [6.45, 7) is 1.93. The summed E-state index contributed by atoms with van der Waals surface area (Å²) in [5.41, 5.74) is -0.00307. The first-order valence-electron chi connectivity index (χ1n) is 9.43. The second-order valence-electron chi connectivity index (χ2n) is 7.49. The van der Waals surface area contributed by atoms with Gasteiger partial charge in [-0.05, 0) is 56.8 Å². The number of aromatic nitrogens is 3. The first kappa shape index (κ1) is 15.7. The van der Waals surface area contributed by atoms with E-state index in [0.29, 0.717) is 31.0 Å². The van der Waals surface area contributed by atoms with E-state index in [-0.39, 0.29) is 11.7 Å². The van der Waals surface area contributed by atoms with Crippen molar-refractivity contribution in [1.29, 1.82) is 0 Å². The van der Waals surface area contributed by atoms with E-state index in [0.717, 1.165) is 38.1 Å². The van der Waals surface area contributed by atoms with Crippen LogP contribution in [0.15, 0.2) is 4.79 Å². The second-order valence-corrected chi connectivity index (χ2v) is 7.49. The van der Waals surface area contributed by atoms with Crippen LogP contribution in [0.25, 0.3) is 0 Å². The van der Waals surface area contributed by atoms with Crippen molar-refractivity contribution in [3.63, 3.8) is 0 Å². The Bertz CT molecular complexity index is 644. The molecule has 0 spiro atoms. The molecule has 4 rings (SSSR count). The van der Waals surface area contributed by atoms with E-state index in [1.807, 2.05) is 0 Å². The Balaban J connectivity index is 1.21. The minimum absolute atomic E-state index is 0.00307. The van der Waals surface area contributed by atoms with Crippen molar-refractivity contribution in [3.05, 3.63) is 16.3 Å². The van der Waals surface area contributed by atoms with Crippen molar-refractivity contribution in [3.8, 4) is 0 Å². The predicted molar refractivity (Wildman–Crippen MR) is 89.8 cm³/mol. The quantitative estimate of drug-likeness (QED) is 0.737. The van der Waals surface area contributed by atoms with Gasteiger partial charge in [0, 0.05) is 32.1 Å². The summed E-state index contributed by atoms with van der Waals surface area (Å²) in [4.78, 5) is 24.3. The zero-order valence-corrected chi connectivity index (χ0v) is 14.2. The molecular formula is C17H27N5O2. The van der Waals surface area contributed by atoms with Gasteiger partial charge in [0.1, 0.15) is 5.82 Å². The Kier molecular flexibility index (Phi) is 4.33. The summed E-state index contributed by atoms with van der Waals surface area (Å²) in [7, 11) is 0. The van der Waals surface area contributed by atoms with Gasteiger partial charge in [0.05, 0.1) is 0 Å². The molecule has 2 amide bonds.